The molecule has 1 heterocycles. The second-order valence-corrected chi connectivity index (χ2v) is 12.6. The minimum Gasteiger partial charge on any atom is -0.493 e. The third-order valence-corrected chi connectivity index (χ3v) is 8.25. The van der Waals surface area contributed by atoms with Crippen LogP contribution in [0.3, 0.4) is 0 Å². The maximum atomic E-state index is 15.2. The Balaban J connectivity index is 1.39. The smallest absolute Gasteiger partial charge is 0.304 e. The van der Waals surface area contributed by atoms with E-state index in [0.29, 0.717) is 42.3 Å². The molecule has 9 heteroatoms. The molecule has 0 bridgehead atoms. The maximum absolute atomic E-state index is 15.2. The van der Waals surface area contributed by atoms with E-state index in [1.807, 2.05) is 38.1 Å². The summed E-state index contributed by atoms with van der Waals surface area (Å²) in [5.41, 5.74) is 6.16. The number of hydrogen-bond donors (Lipinski definition) is 1. The molecule has 0 fully saturated rings. The van der Waals surface area contributed by atoms with Gasteiger partial charge < -0.3 is 19.3 Å². The Hall–Kier alpha value is -3.59. The predicted molar refractivity (Wildman–Crippen MR) is 145 cm³/mol. The van der Waals surface area contributed by atoms with E-state index in [1.54, 1.807) is 12.1 Å². The largest absolute Gasteiger partial charge is 0.493 e. The van der Waals surface area contributed by atoms with E-state index in [4.69, 9.17) is 19.3 Å². The van der Waals surface area contributed by atoms with Gasteiger partial charge >= 0.3 is 5.97 Å². The standard InChI is InChI=1S/C30H31FO7S/c1-17-12-21(36-10-11-39(3,34)35)13-18(2)29(17)23-6-8-25(31)30-24(23)7-9-26(30)38-20-4-5-22-19(14-28(32)33)16-37-27(22)15-20/h4-6,8,12-13,15,19,26H,7,9-11,14,16H2,1-3H3,(H,32,33). The number of carboxylic acid groups (broad SMARTS) is 1. The molecule has 0 spiro atoms. The van der Waals surface area contributed by atoms with E-state index < -0.39 is 21.9 Å². The Labute approximate surface area is 227 Å². The Bertz CT molecular complexity index is 1520. The highest BCUT2D eigenvalue weighted by molar-refractivity contribution is 7.90. The summed E-state index contributed by atoms with van der Waals surface area (Å²) in [4.78, 5) is 11.1. The zero-order valence-electron chi connectivity index (χ0n) is 22.1. The van der Waals surface area contributed by atoms with Crippen LogP contribution < -0.4 is 14.2 Å². The second-order valence-electron chi connectivity index (χ2n) is 10.3. The highest BCUT2D eigenvalue weighted by Gasteiger charge is 2.32. The lowest BCUT2D eigenvalue weighted by atomic mass is 9.90. The van der Waals surface area contributed by atoms with E-state index >= 15 is 4.39 Å². The lowest BCUT2D eigenvalue weighted by Crippen LogP contribution is -2.12. The number of hydrogen-bond acceptors (Lipinski definition) is 6. The average molecular weight is 555 g/mol. The molecule has 2 atom stereocenters. The molecule has 3 aromatic rings. The maximum Gasteiger partial charge on any atom is 0.304 e. The normalized spacial score (nSPS) is 17.8. The third kappa shape index (κ3) is 5.73. The fraction of sp³-hybridized carbons (Fsp3) is 0.367. The van der Waals surface area contributed by atoms with Crippen LogP contribution in [0.5, 0.6) is 17.2 Å². The van der Waals surface area contributed by atoms with Crippen LogP contribution >= 0.6 is 0 Å². The fourth-order valence-corrected chi connectivity index (χ4v) is 6.03. The molecule has 0 saturated carbocycles. The molecular weight excluding hydrogens is 523 g/mol. The quantitative estimate of drug-likeness (QED) is 0.370. The van der Waals surface area contributed by atoms with Gasteiger partial charge in [-0.1, -0.05) is 12.1 Å². The van der Waals surface area contributed by atoms with Gasteiger partial charge in [0.2, 0.25) is 0 Å². The van der Waals surface area contributed by atoms with Crippen molar-refractivity contribution in [2.75, 3.05) is 25.2 Å². The summed E-state index contributed by atoms with van der Waals surface area (Å²) in [5.74, 6) is 0.324. The zero-order chi connectivity index (χ0) is 27.9. The van der Waals surface area contributed by atoms with Crippen molar-refractivity contribution < 1.29 is 36.9 Å². The van der Waals surface area contributed by atoms with Crippen LogP contribution in [0.4, 0.5) is 4.39 Å². The summed E-state index contributed by atoms with van der Waals surface area (Å²) in [7, 11) is -3.12. The molecule has 39 heavy (non-hydrogen) atoms. The summed E-state index contributed by atoms with van der Waals surface area (Å²) in [5, 5.41) is 9.13. The Morgan fingerprint density at radius 3 is 2.54 bits per heavy atom. The summed E-state index contributed by atoms with van der Waals surface area (Å²) in [6, 6.07) is 12.4. The highest BCUT2D eigenvalue weighted by atomic mass is 32.2. The molecule has 0 aromatic heterocycles. The molecule has 206 valence electrons. The van der Waals surface area contributed by atoms with Crippen LogP contribution in [0.25, 0.3) is 11.1 Å². The first-order valence-corrected chi connectivity index (χ1v) is 14.9. The number of benzene rings is 3. The molecule has 1 aliphatic heterocycles. The minimum absolute atomic E-state index is 0.00375. The number of halogens is 1. The summed E-state index contributed by atoms with van der Waals surface area (Å²) >= 11 is 0. The van der Waals surface area contributed by atoms with Gasteiger partial charge in [0.1, 0.15) is 35.8 Å². The number of sulfone groups is 1. The lowest BCUT2D eigenvalue weighted by Gasteiger charge is -2.19. The Morgan fingerprint density at radius 2 is 1.85 bits per heavy atom. The van der Waals surface area contributed by atoms with Crippen molar-refractivity contribution >= 4 is 15.8 Å². The highest BCUT2D eigenvalue weighted by Crippen LogP contribution is 2.45. The van der Waals surface area contributed by atoms with Gasteiger partial charge in [0.25, 0.3) is 0 Å². The van der Waals surface area contributed by atoms with E-state index in [0.717, 1.165) is 33.4 Å². The van der Waals surface area contributed by atoms with Crippen molar-refractivity contribution in [1.82, 2.24) is 0 Å². The van der Waals surface area contributed by atoms with Crippen LogP contribution in [0.1, 0.15) is 52.7 Å². The number of carbonyl (C=O) groups is 1. The van der Waals surface area contributed by atoms with Crippen molar-refractivity contribution in [3.8, 4) is 28.4 Å². The molecule has 0 radical (unpaired) electrons. The van der Waals surface area contributed by atoms with Gasteiger partial charge in [-0.25, -0.2) is 12.8 Å². The van der Waals surface area contributed by atoms with Crippen LogP contribution in [0, 0.1) is 19.7 Å². The average Bonchev–Trinajstić information content (AvgIpc) is 3.44. The summed E-state index contributed by atoms with van der Waals surface area (Å²) in [6.07, 6.45) is 1.99. The number of aryl methyl sites for hydroxylation is 2. The lowest BCUT2D eigenvalue weighted by molar-refractivity contribution is -0.137. The molecule has 5 rings (SSSR count). The van der Waals surface area contributed by atoms with Crippen molar-refractivity contribution in [2.45, 2.75) is 45.1 Å². The van der Waals surface area contributed by atoms with Crippen molar-refractivity contribution in [1.29, 1.82) is 0 Å². The molecule has 3 aromatic carbocycles. The number of rotatable bonds is 9. The molecule has 7 nitrogen and oxygen atoms in total. The van der Waals surface area contributed by atoms with E-state index in [1.165, 1.54) is 12.3 Å². The molecule has 1 N–H and O–H groups in total. The molecule has 0 amide bonds. The third-order valence-electron chi connectivity index (χ3n) is 7.35. The van der Waals surface area contributed by atoms with Gasteiger partial charge in [-0.15, -0.1) is 0 Å². The van der Waals surface area contributed by atoms with E-state index in [-0.39, 0.29) is 30.5 Å². The van der Waals surface area contributed by atoms with Crippen LogP contribution in [-0.4, -0.2) is 44.7 Å². The first kappa shape index (κ1) is 27.0. The first-order chi connectivity index (χ1) is 18.5. The number of fused-ring (bicyclic) bond motifs is 2. The minimum atomic E-state index is -3.12. The van der Waals surface area contributed by atoms with E-state index in [2.05, 4.69) is 0 Å². The molecule has 1 aliphatic carbocycles. The van der Waals surface area contributed by atoms with Gasteiger partial charge in [0, 0.05) is 29.4 Å². The fourth-order valence-electron chi connectivity index (χ4n) is 5.64. The molecule has 2 aliphatic rings. The predicted octanol–water partition coefficient (Wildman–Crippen LogP) is 5.55. The van der Waals surface area contributed by atoms with Gasteiger partial charge in [-0.2, -0.15) is 0 Å². The van der Waals surface area contributed by atoms with Gasteiger partial charge in [-0.05, 0) is 78.8 Å². The summed E-state index contributed by atoms with van der Waals surface area (Å²) < 4.78 is 55.7. The van der Waals surface area contributed by atoms with Gasteiger partial charge in [-0.3, -0.25) is 4.79 Å². The zero-order valence-corrected chi connectivity index (χ0v) is 22.9. The van der Waals surface area contributed by atoms with Crippen molar-refractivity contribution in [3.63, 3.8) is 0 Å². The number of aliphatic carboxylic acids is 1. The Morgan fingerprint density at radius 1 is 1.10 bits per heavy atom. The topological polar surface area (TPSA) is 99.1 Å². The SMILES string of the molecule is Cc1cc(OCCS(C)(=O)=O)cc(C)c1-c1ccc(F)c2c1CCC2Oc1ccc2c(c1)OCC2CC(=O)O. The van der Waals surface area contributed by atoms with Crippen LogP contribution in [-0.2, 0) is 21.1 Å². The van der Waals surface area contributed by atoms with Crippen molar-refractivity contribution in [3.05, 3.63) is 76.1 Å². The Kier molecular flexibility index (Phi) is 7.29. The molecule has 0 saturated heterocycles. The number of carboxylic acids is 1. The molecule has 2 unspecified atom stereocenters. The van der Waals surface area contributed by atoms with Gasteiger partial charge in [0.15, 0.2) is 9.84 Å². The van der Waals surface area contributed by atoms with Crippen LogP contribution in [0.15, 0.2) is 42.5 Å². The molecular formula is C30H31FO7S. The number of ether oxygens (including phenoxy) is 3. The monoisotopic (exact) mass is 554 g/mol. The second kappa shape index (κ2) is 10.5. The van der Waals surface area contributed by atoms with Crippen LogP contribution in [0.2, 0.25) is 0 Å². The van der Waals surface area contributed by atoms with Crippen molar-refractivity contribution in [2.24, 2.45) is 0 Å². The summed E-state index contributed by atoms with van der Waals surface area (Å²) in [6.45, 7) is 4.32. The first-order valence-electron chi connectivity index (χ1n) is 12.9. The van der Waals surface area contributed by atoms with E-state index in [9.17, 15) is 13.2 Å². The van der Waals surface area contributed by atoms with Gasteiger partial charge in [0.05, 0.1) is 18.8 Å².